The van der Waals surface area contributed by atoms with Crippen LogP contribution in [0.4, 0.5) is 0 Å². The Hall–Kier alpha value is -0.580. The molecule has 66 valence electrons. The van der Waals surface area contributed by atoms with Crippen LogP contribution in [0.5, 0.6) is 0 Å². The Morgan fingerprint density at radius 3 is 2.33 bits per heavy atom. The van der Waals surface area contributed by atoms with Gasteiger partial charge in [0.1, 0.15) is 5.50 Å². The summed E-state index contributed by atoms with van der Waals surface area (Å²) < 4.78 is 22.6. The molecule has 0 spiro atoms. The van der Waals surface area contributed by atoms with Crippen molar-refractivity contribution in [2.45, 2.75) is 5.50 Å². The maximum atomic E-state index is 10.2. The molecule has 3 nitrogen and oxygen atoms in total. The van der Waals surface area contributed by atoms with E-state index in [1.807, 2.05) is 6.07 Å². The van der Waals surface area contributed by atoms with Crippen LogP contribution in [-0.4, -0.2) is 8.42 Å². The molecular weight excluding hydrogens is 198 g/mol. The molecule has 0 bridgehead atoms. The zero-order valence-electron chi connectivity index (χ0n) is 6.11. The molecule has 0 aliphatic heterocycles. The SMILES string of the molecule is O=[SH](=O)NC(Cl)c1ccccc1. The van der Waals surface area contributed by atoms with E-state index in [1.165, 1.54) is 0 Å². The Labute approximate surface area is 77.4 Å². The Balaban J connectivity index is 2.71. The zero-order chi connectivity index (χ0) is 8.97. The van der Waals surface area contributed by atoms with Crippen LogP contribution < -0.4 is 4.72 Å². The van der Waals surface area contributed by atoms with E-state index in [0.717, 1.165) is 5.56 Å². The third-order valence-corrected chi connectivity index (χ3v) is 2.29. The molecule has 0 radical (unpaired) electrons. The summed E-state index contributed by atoms with van der Waals surface area (Å²) >= 11 is 5.71. The van der Waals surface area contributed by atoms with Gasteiger partial charge in [0.2, 0.25) is 10.9 Å². The summed E-state index contributed by atoms with van der Waals surface area (Å²) in [6.07, 6.45) is 0. The van der Waals surface area contributed by atoms with Gasteiger partial charge in [0.25, 0.3) is 0 Å². The van der Waals surface area contributed by atoms with Gasteiger partial charge in [-0.15, -0.1) is 0 Å². The van der Waals surface area contributed by atoms with Gasteiger partial charge in [0.15, 0.2) is 0 Å². The highest BCUT2D eigenvalue weighted by Crippen LogP contribution is 2.15. The van der Waals surface area contributed by atoms with E-state index in [4.69, 9.17) is 11.6 Å². The molecule has 0 fully saturated rings. The van der Waals surface area contributed by atoms with Crippen LogP contribution in [0.2, 0.25) is 0 Å². The van der Waals surface area contributed by atoms with E-state index in [1.54, 1.807) is 24.3 Å². The van der Waals surface area contributed by atoms with Crippen LogP contribution in [0.15, 0.2) is 30.3 Å². The van der Waals surface area contributed by atoms with Gasteiger partial charge in [-0.05, 0) is 5.56 Å². The topological polar surface area (TPSA) is 46.2 Å². The minimum atomic E-state index is -2.65. The predicted octanol–water partition coefficient (Wildman–Crippen LogP) is 1.04. The van der Waals surface area contributed by atoms with E-state index in [2.05, 4.69) is 4.72 Å². The first kappa shape index (κ1) is 9.51. The highest BCUT2D eigenvalue weighted by atomic mass is 35.5. The third-order valence-electron chi connectivity index (χ3n) is 1.31. The average molecular weight is 206 g/mol. The summed E-state index contributed by atoms with van der Waals surface area (Å²) in [5.74, 6) is 0. The Bertz CT molecular complexity index is 304. The Kier molecular flexibility index (Phi) is 3.52. The molecule has 1 rings (SSSR count). The molecule has 5 heteroatoms. The van der Waals surface area contributed by atoms with Crippen molar-refractivity contribution in [3.05, 3.63) is 35.9 Å². The van der Waals surface area contributed by atoms with E-state index in [0.29, 0.717) is 0 Å². The second kappa shape index (κ2) is 4.45. The van der Waals surface area contributed by atoms with Gasteiger partial charge in [-0.3, -0.25) is 0 Å². The molecule has 0 amide bonds. The van der Waals surface area contributed by atoms with Crippen LogP contribution in [0.1, 0.15) is 11.1 Å². The lowest BCUT2D eigenvalue weighted by molar-refractivity contribution is 0.600. The summed E-state index contributed by atoms with van der Waals surface area (Å²) in [5, 5.41) is 0. The van der Waals surface area contributed by atoms with Crippen LogP contribution in [-0.2, 0) is 10.9 Å². The van der Waals surface area contributed by atoms with Crippen molar-refractivity contribution in [1.29, 1.82) is 0 Å². The average Bonchev–Trinajstić information content (AvgIpc) is 2.05. The molecule has 12 heavy (non-hydrogen) atoms. The van der Waals surface area contributed by atoms with Crippen LogP contribution >= 0.6 is 11.6 Å². The maximum absolute atomic E-state index is 10.2. The number of alkyl halides is 1. The molecule has 0 aromatic heterocycles. The molecule has 1 aromatic rings. The van der Waals surface area contributed by atoms with Crippen molar-refractivity contribution in [1.82, 2.24) is 4.72 Å². The molecule has 0 aliphatic carbocycles. The minimum absolute atomic E-state index is 0.674. The van der Waals surface area contributed by atoms with Crippen molar-refractivity contribution in [3.63, 3.8) is 0 Å². The first-order valence-electron chi connectivity index (χ1n) is 3.30. The predicted molar refractivity (Wildman–Crippen MR) is 48.5 cm³/mol. The molecule has 0 saturated carbocycles. The summed E-state index contributed by atoms with van der Waals surface area (Å²) in [6, 6.07) is 8.94. The second-order valence-electron chi connectivity index (χ2n) is 2.16. The molecular formula is C7H8ClNO2S. The number of rotatable bonds is 3. The number of thiol groups is 1. The number of hydrogen-bond acceptors (Lipinski definition) is 2. The summed E-state index contributed by atoms with van der Waals surface area (Å²) in [4.78, 5) is 0. The van der Waals surface area contributed by atoms with E-state index in [9.17, 15) is 8.42 Å². The molecule has 1 N–H and O–H groups in total. The van der Waals surface area contributed by atoms with E-state index < -0.39 is 16.4 Å². The van der Waals surface area contributed by atoms with Crippen molar-refractivity contribution in [2.24, 2.45) is 0 Å². The number of halogens is 1. The van der Waals surface area contributed by atoms with Gasteiger partial charge in [-0.25, -0.2) is 8.42 Å². The molecule has 1 unspecified atom stereocenters. The minimum Gasteiger partial charge on any atom is -0.215 e. The van der Waals surface area contributed by atoms with Gasteiger partial charge in [-0.2, -0.15) is 4.72 Å². The lowest BCUT2D eigenvalue weighted by Gasteiger charge is -2.05. The summed E-state index contributed by atoms with van der Waals surface area (Å²) in [6.45, 7) is 0. The summed E-state index contributed by atoms with van der Waals surface area (Å²) in [5.41, 5.74) is 0.0608. The Morgan fingerprint density at radius 2 is 1.83 bits per heavy atom. The second-order valence-corrected chi connectivity index (χ2v) is 3.37. The van der Waals surface area contributed by atoms with E-state index in [-0.39, 0.29) is 0 Å². The van der Waals surface area contributed by atoms with Crippen molar-refractivity contribution < 1.29 is 8.42 Å². The number of benzene rings is 1. The van der Waals surface area contributed by atoms with Crippen molar-refractivity contribution in [2.75, 3.05) is 0 Å². The normalized spacial score (nSPS) is 13.2. The van der Waals surface area contributed by atoms with Crippen LogP contribution in [0, 0.1) is 0 Å². The molecule has 0 heterocycles. The fraction of sp³-hybridized carbons (Fsp3) is 0.143. The third kappa shape index (κ3) is 2.81. The molecule has 1 aromatic carbocycles. The number of nitrogens with one attached hydrogen (secondary N) is 1. The maximum Gasteiger partial charge on any atom is 0.202 e. The fourth-order valence-corrected chi connectivity index (χ4v) is 1.51. The number of hydrogen-bond donors (Lipinski definition) is 2. The van der Waals surface area contributed by atoms with Gasteiger partial charge in [0, 0.05) is 0 Å². The van der Waals surface area contributed by atoms with Gasteiger partial charge in [0.05, 0.1) is 0 Å². The smallest absolute Gasteiger partial charge is 0.202 e. The van der Waals surface area contributed by atoms with Crippen molar-refractivity contribution >= 4 is 22.5 Å². The standard InChI is InChI=1S/C7H8ClNO2S/c8-7(9-12(10)11)6-4-2-1-3-5-6/h1-5,7,12H,(H,9,10,11). The van der Waals surface area contributed by atoms with E-state index >= 15 is 0 Å². The first-order valence-corrected chi connectivity index (χ1v) is 4.91. The molecule has 1 atom stereocenters. The zero-order valence-corrected chi connectivity index (χ0v) is 7.76. The molecule has 0 aliphatic rings. The Morgan fingerprint density at radius 1 is 1.25 bits per heavy atom. The first-order chi connectivity index (χ1) is 5.70. The van der Waals surface area contributed by atoms with Gasteiger partial charge in [-0.1, -0.05) is 41.9 Å². The highest BCUT2D eigenvalue weighted by molar-refractivity contribution is 7.70. The van der Waals surface area contributed by atoms with Gasteiger partial charge >= 0.3 is 0 Å². The quantitative estimate of drug-likeness (QED) is 0.440. The van der Waals surface area contributed by atoms with Crippen LogP contribution in [0.3, 0.4) is 0 Å². The van der Waals surface area contributed by atoms with Gasteiger partial charge < -0.3 is 0 Å². The molecule has 0 saturated heterocycles. The fourth-order valence-electron chi connectivity index (χ4n) is 0.789. The summed E-state index contributed by atoms with van der Waals surface area (Å²) in [7, 11) is -2.65. The lowest BCUT2D eigenvalue weighted by Crippen LogP contribution is -2.13. The largest absolute Gasteiger partial charge is 0.215 e. The van der Waals surface area contributed by atoms with Crippen LogP contribution in [0.25, 0.3) is 0 Å². The lowest BCUT2D eigenvalue weighted by atomic mass is 10.2. The van der Waals surface area contributed by atoms with Crippen molar-refractivity contribution in [3.8, 4) is 0 Å². The monoisotopic (exact) mass is 205 g/mol. The highest BCUT2D eigenvalue weighted by Gasteiger charge is 2.05.